The number of carbonyl (C=O) groups excluding carboxylic acids is 3. The maximum Gasteiger partial charge on any atom is 0.328 e. The predicted octanol–water partition coefficient (Wildman–Crippen LogP) is 3.67. The van der Waals surface area contributed by atoms with E-state index < -0.39 is 6.04 Å². The largest absolute Gasteiger partial charge is 0.494 e. The number of hydrogen-bond acceptors (Lipinski definition) is 7. The number of esters is 1. The van der Waals surface area contributed by atoms with Crippen molar-refractivity contribution in [1.29, 1.82) is 0 Å². The van der Waals surface area contributed by atoms with Crippen LogP contribution in [0.25, 0.3) is 0 Å². The van der Waals surface area contributed by atoms with E-state index in [0.717, 1.165) is 55.5 Å². The number of carbonyl (C=O) groups is 3. The number of ether oxygens (including phenoxy) is 2. The fraction of sp³-hybridized carbons (Fsp3) is 0.630. The Morgan fingerprint density at radius 2 is 2.00 bits per heavy atom. The first-order valence-corrected chi connectivity index (χ1v) is 13.3. The molecule has 1 unspecified atom stereocenters. The molecule has 0 aromatic heterocycles. The van der Waals surface area contributed by atoms with Crippen LogP contribution in [-0.2, 0) is 25.7 Å². The number of hydrogen-bond donors (Lipinski definition) is 1. The molecule has 2 amide bonds. The molecule has 0 spiro atoms. The van der Waals surface area contributed by atoms with E-state index >= 15 is 0 Å². The van der Waals surface area contributed by atoms with Gasteiger partial charge in [0.2, 0.25) is 17.8 Å². The van der Waals surface area contributed by atoms with Crippen molar-refractivity contribution >= 4 is 29.4 Å². The van der Waals surface area contributed by atoms with Crippen molar-refractivity contribution in [2.24, 2.45) is 4.99 Å². The summed E-state index contributed by atoms with van der Waals surface area (Å²) in [4.78, 5) is 46.0. The molecular weight excluding hydrogens is 460 g/mol. The second kappa shape index (κ2) is 12.2. The van der Waals surface area contributed by atoms with Crippen LogP contribution in [0.3, 0.4) is 0 Å². The van der Waals surface area contributed by atoms with Crippen molar-refractivity contribution in [3.05, 3.63) is 23.8 Å². The first kappa shape index (κ1) is 26.0. The normalized spacial score (nSPS) is 18.0. The molecule has 1 aromatic carbocycles. The van der Waals surface area contributed by atoms with Gasteiger partial charge in [0, 0.05) is 24.6 Å². The highest BCUT2D eigenvalue weighted by Crippen LogP contribution is 2.31. The number of methoxy groups -OCH3 is 1. The van der Waals surface area contributed by atoms with Gasteiger partial charge in [0.15, 0.2) is 0 Å². The molecule has 2 fully saturated rings. The average molecular weight is 499 g/mol. The third kappa shape index (κ3) is 6.17. The van der Waals surface area contributed by atoms with Gasteiger partial charge in [-0.1, -0.05) is 39.0 Å². The van der Waals surface area contributed by atoms with E-state index in [2.05, 4.69) is 17.2 Å². The lowest BCUT2D eigenvalue weighted by Gasteiger charge is -2.39. The van der Waals surface area contributed by atoms with Crippen molar-refractivity contribution < 1.29 is 23.9 Å². The molecule has 0 radical (unpaired) electrons. The highest BCUT2D eigenvalue weighted by Gasteiger charge is 2.35. The summed E-state index contributed by atoms with van der Waals surface area (Å²) in [5.74, 6) is 0.974. The molecule has 9 nitrogen and oxygen atoms in total. The monoisotopic (exact) mass is 498 g/mol. The van der Waals surface area contributed by atoms with Gasteiger partial charge in [-0.3, -0.25) is 14.9 Å². The van der Waals surface area contributed by atoms with Crippen LogP contribution < -0.4 is 10.1 Å². The number of nitrogens with zero attached hydrogens (tertiary/aromatic N) is 3. The van der Waals surface area contributed by atoms with Gasteiger partial charge >= 0.3 is 5.97 Å². The maximum atomic E-state index is 13.4. The minimum Gasteiger partial charge on any atom is -0.494 e. The first-order valence-electron chi connectivity index (χ1n) is 13.3. The van der Waals surface area contributed by atoms with E-state index in [-0.39, 0.29) is 23.8 Å². The number of nitrogens with one attached hydrogen (secondary N) is 1. The lowest BCUT2D eigenvalue weighted by molar-refractivity contribution is -0.156. The zero-order chi connectivity index (χ0) is 25.5. The molecule has 4 rings (SSSR count). The summed E-state index contributed by atoms with van der Waals surface area (Å²) < 4.78 is 11.1. The molecule has 9 heteroatoms. The number of unbranched alkanes of at least 4 members (excludes halogenated alkanes) is 1. The van der Waals surface area contributed by atoms with E-state index in [0.29, 0.717) is 44.9 Å². The Hall–Kier alpha value is -3.10. The molecule has 2 aliphatic heterocycles. The number of benzene rings is 1. The molecule has 1 atom stereocenters. The number of amides is 2. The van der Waals surface area contributed by atoms with Crippen LogP contribution in [0, 0.1) is 0 Å². The fourth-order valence-electron chi connectivity index (χ4n) is 5.37. The minimum absolute atomic E-state index is 0.00973. The summed E-state index contributed by atoms with van der Waals surface area (Å²) in [6.07, 6.45) is 8.62. The molecule has 1 N–H and O–H groups in total. The van der Waals surface area contributed by atoms with E-state index in [1.807, 2.05) is 28.0 Å². The summed E-state index contributed by atoms with van der Waals surface area (Å²) in [6.45, 7) is 3.41. The van der Waals surface area contributed by atoms with Gasteiger partial charge in [0.25, 0.3) is 0 Å². The number of rotatable bonds is 11. The molecule has 0 bridgehead atoms. The van der Waals surface area contributed by atoms with Gasteiger partial charge in [-0.05, 0) is 43.9 Å². The summed E-state index contributed by atoms with van der Waals surface area (Å²) in [7, 11) is 1.40. The Kier molecular flexibility index (Phi) is 8.83. The van der Waals surface area contributed by atoms with E-state index in [1.54, 1.807) is 0 Å². The first-order chi connectivity index (χ1) is 17.5. The summed E-state index contributed by atoms with van der Waals surface area (Å²) >= 11 is 0. The van der Waals surface area contributed by atoms with Gasteiger partial charge < -0.3 is 19.3 Å². The van der Waals surface area contributed by atoms with E-state index in [9.17, 15) is 14.4 Å². The van der Waals surface area contributed by atoms with Crippen LogP contribution in [0.15, 0.2) is 23.2 Å². The lowest BCUT2D eigenvalue weighted by Crippen LogP contribution is -2.51. The molecular formula is C27H38N4O5. The molecule has 1 aromatic rings. The number of aliphatic imine (C=N–C) groups is 1. The molecule has 3 aliphatic rings. The summed E-state index contributed by atoms with van der Waals surface area (Å²) in [6, 6.07) is 5.30. The third-order valence-electron chi connectivity index (χ3n) is 7.22. The molecule has 1 aliphatic carbocycles. The smallest absolute Gasteiger partial charge is 0.328 e. The minimum atomic E-state index is -0.510. The molecule has 196 valence electrons. The van der Waals surface area contributed by atoms with Crippen molar-refractivity contribution in [2.45, 2.75) is 89.8 Å². The van der Waals surface area contributed by atoms with Gasteiger partial charge in [0.05, 0.1) is 19.4 Å². The van der Waals surface area contributed by atoms with Crippen molar-refractivity contribution in [3.63, 3.8) is 0 Å². The fourth-order valence-corrected chi connectivity index (χ4v) is 5.37. The van der Waals surface area contributed by atoms with Crippen molar-refractivity contribution in [3.8, 4) is 5.75 Å². The average Bonchev–Trinajstić information content (AvgIpc) is 3.26. The van der Waals surface area contributed by atoms with Crippen LogP contribution in [0.2, 0.25) is 0 Å². The molecule has 1 saturated heterocycles. The second-order valence-electron chi connectivity index (χ2n) is 9.86. The molecule has 2 heterocycles. The maximum absolute atomic E-state index is 13.4. The van der Waals surface area contributed by atoms with Gasteiger partial charge in [-0.25, -0.2) is 9.79 Å². The second-order valence-corrected chi connectivity index (χ2v) is 9.86. The van der Waals surface area contributed by atoms with E-state index in [1.165, 1.54) is 13.5 Å². The van der Waals surface area contributed by atoms with E-state index in [4.69, 9.17) is 9.47 Å². The van der Waals surface area contributed by atoms with Crippen molar-refractivity contribution in [1.82, 2.24) is 15.1 Å². The Morgan fingerprint density at radius 1 is 1.19 bits per heavy atom. The lowest BCUT2D eigenvalue weighted by atomic mass is 9.91. The Bertz CT molecular complexity index is 988. The Morgan fingerprint density at radius 3 is 2.75 bits per heavy atom. The van der Waals surface area contributed by atoms with Crippen molar-refractivity contribution in [2.75, 3.05) is 20.3 Å². The topological polar surface area (TPSA) is 101 Å². The Balaban J connectivity index is 1.34. The van der Waals surface area contributed by atoms with Gasteiger partial charge in [0.1, 0.15) is 18.3 Å². The van der Waals surface area contributed by atoms with Crippen LogP contribution in [0.4, 0.5) is 5.69 Å². The SMILES string of the molecule is CCCCC(C(=O)OC)N(C(=O)CCCOc1ccc2c(c1)CN1CC(=O)NC1=N2)C1CCCCC1. The quantitative estimate of drug-likeness (QED) is 0.369. The van der Waals surface area contributed by atoms with Crippen LogP contribution >= 0.6 is 0 Å². The number of guanidine groups is 1. The summed E-state index contributed by atoms with van der Waals surface area (Å²) in [5.41, 5.74) is 1.83. The zero-order valence-corrected chi connectivity index (χ0v) is 21.5. The van der Waals surface area contributed by atoms with Crippen LogP contribution in [0.5, 0.6) is 5.75 Å². The standard InChI is InChI=1S/C27H38N4O5/c1-3-4-11-23(26(34)35-2)31(20-9-6-5-7-10-20)25(33)12-8-15-36-21-13-14-22-19(16-21)17-30-18-24(32)29-27(30)28-22/h13-14,16,20,23H,3-12,15,17-18H2,1-2H3,(H,28,29,32). The molecule has 36 heavy (non-hydrogen) atoms. The van der Waals surface area contributed by atoms with Gasteiger partial charge in [-0.15, -0.1) is 0 Å². The highest BCUT2D eigenvalue weighted by molar-refractivity contribution is 6.05. The van der Waals surface area contributed by atoms with Gasteiger partial charge in [-0.2, -0.15) is 0 Å². The zero-order valence-electron chi connectivity index (χ0n) is 21.5. The number of fused-ring (bicyclic) bond motifs is 2. The molecule has 1 saturated carbocycles. The Labute approximate surface area is 213 Å². The van der Waals surface area contributed by atoms with Crippen LogP contribution in [-0.4, -0.2) is 65.9 Å². The predicted molar refractivity (Wildman–Crippen MR) is 136 cm³/mol. The van der Waals surface area contributed by atoms with Crippen LogP contribution in [0.1, 0.15) is 76.7 Å². The third-order valence-corrected chi connectivity index (χ3v) is 7.22. The highest BCUT2D eigenvalue weighted by atomic mass is 16.5. The summed E-state index contributed by atoms with van der Waals surface area (Å²) in [5, 5.41) is 2.77.